The van der Waals surface area contributed by atoms with E-state index < -0.39 is 0 Å². The predicted molar refractivity (Wildman–Crippen MR) is 84.7 cm³/mol. The molecule has 1 aromatic rings. The Hall–Kier alpha value is -1.85. The molecule has 1 unspecified atom stereocenters. The highest BCUT2D eigenvalue weighted by Gasteiger charge is 2.24. The van der Waals surface area contributed by atoms with Crippen LogP contribution in [0.1, 0.15) is 44.0 Å². The van der Waals surface area contributed by atoms with Gasteiger partial charge in [0.05, 0.1) is 0 Å². The van der Waals surface area contributed by atoms with Crippen LogP contribution < -0.4 is 10.6 Å². The average molecular weight is 291 g/mol. The van der Waals surface area contributed by atoms with Crippen molar-refractivity contribution in [3.8, 4) is 0 Å². The van der Waals surface area contributed by atoms with Crippen LogP contribution in [0.5, 0.6) is 0 Å². The number of likely N-dealkylation sites (N-methyl/N-ethyl adjacent to an activating group) is 1. The number of likely N-dealkylation sites (tertiary alicyclic amines) is 1. The summed E-state index contributed by atoms with van der Waals surface area (Å²) in [5, 5.41) is 6.61. The molecule has 2 rings (SSSR count). The number of carbonyl (C=O) groups is 1. The van der Waals surface area contributed by atoms with E-state index in [1.807, 2.05) is 21.0 Å². The van der Waals surface area contributed by atoms with E-state index in [2.05, 4.69) is 34.4 Å². The topological polar surface area (TPSA) is 70.1 Å². The first-order valence-electron chi connectivity index (χ1n) is 7.49. The quantitative estimate of drug-likeness (QED) is 0.887. The van der Waals surface area contributed by atoms with Crippen LogP contribution in [-0.4, -0.2) is 47.5 Å². The van der Waals surface area contributed by atoms with Gasteiger partial charge < -0.3 is 15.5 Å². The molecule has 0 aromatic carbocycles. The molecule has 0 aliphatic carbocycles. The summed E-state index contributed by atoms with van der Waals surface area (Å²) in [4.78, 5) is 22.5. The molecule has 1 amide bonds. The summed E-state index contributed by atoms with van der Waals surface area (Å²) in [5.74, 6) is 3.04. The molecular weight excluding hydrogens is 266 g/mol. The van der Waals surface area contributed by atoms with Gasteiger partial charge in [0, 0.05) is 44.6 Å². The number of carbonyl (C=O) groups excluding carboxylic acids is 1. The van der Waals surface area contributed by atoms with E-state index in [0.717, 1.165) is 29.4 Å². The Morgan fingerprint density at radius 2 is 1.95 bits per heavy atom. The van der Waals surface area contributed by atoms with E-state index in [4.69, 9.17) is 0 Å². The van der Waals surface area contributed by atoms with Gasteiger partial charge in [-0.05, 0) is 13.3 Å². The van der Waals surface area contributed by atoms with Crippen molar-refractivity contribution in [2.75, 3.05) is 31.3 Å². The van der Waals surface area contributed by atoms with E-state index in [9.17, 15) is 4.79 Å². The summed E-state index contributed by atoms with van der Waals surface area (Å²) in [6, 6.07) is 0.242. The SMILES string of the molecule is CNc1nc(C(C)C)nc(NC2CCC(=O)N(C)C2)c1C. The molecule has 1 aliphatic heterocycles. The van der Waals surface area contributed by atoms with Crippen molar-refractivity contribution in [2.45, 2.75) is 45.6 Å². The number of nitrogens with zero attached hydrogens (tertiary/aromatic N) is 3. The molecule has 0 saturated carbocycles. The van der Waals surface area contributed by atoms with Crippen molar-refractivity contribution in [1.29, 1.82) is 0 Å². The molecule has 1 aromatic heterocycles. The number of rotatable bonds is 4. The fourth-order valence-electron chi connectivity index (χ4n) is 2.50. The largest absolute Gasteiger partial charge is 0.373 e. The highest BCUT2D eigenvalue weighted by Crippen LogP contribution is 2.24. The summed E-state index contributed by atoms with van der Waals surface area (Å²) in [7, 11) is 3.72. The second-order valence-corrected chi connectivity index (χ2v) is 5.96. The Kier molecular flexibility index (Phi) is 4.65. The third kappa shape index (κ3) is 3.43. The lowest BCUT2D eigenvalue weighted by molar-refractivity contribution is -0.132. The highest BCUT2D eigenvalue weighted by molar-refractivity contribution is 5.77. The van der Waals surface area contributed by atoms with Gasteiger partial charge in [-0.1, -0.05) is 13.8 Å². The minimum atomic E-state index is 0.214. The van der Waals surface area contributed by atoms with Gasteiger partial charge in [0.15, 0.2) is 0 Å². The maximum atomic E-state index is 11.6. The number of piperidine rings is 1. The van der Waals surface area contributed by atoms with Crippen molar-refractivity contribution < 1.29 is 4.79 Å². The van der Waals surface area contributed by atoms with Gasteiger partial charge in [-0.2, -0.15) is 0 Å². The normalized spacial score (nSPS) is 19.0. The Morgan fingerprint density at radius 1 is 1.29 bits per heavy atom. The Bertz CT molecular complexity index is 529. The highest BCUT2D eigenvalue weighted by atomic mass is 16.2. The van der Waals surface area contributed by atoms with E-state index in [0.29, 0.717) is 13.0 Å². The molecule has 2 N–H and O–H groups in total. The van der Waals surface area contributed by atoms with Gasteiger partial charge in [0.1, 0.15) is 17.5 Å². The molecule has 6 nitrogen and oxygen atoms in total. The van der Waals surface area contributed by atoms with Crippen LogP contribution in [0, 0.1) is 6.92 Å². The fourth-order valence-corrected chi connectivity index (χ4v) is 2.50. The molecule has 6 heteroatoms. The van der Waals surface area contributed by atoms with E-state index in [1.54, 1.807) is 4.90 Å². The maximum absolute atomic E-state index is 11.6. The van der Waals surface area contributed by atoms with E-state index in [1.165, 1.54) is 0 Å². The van der Waals surface area contributed by atoms with Crippen molar-refractivity contribution >= 4 is 17.5 Å². The zero-order chi connectivity index (χ0) is 15.6. The minimum Gasteiger partial charge on any atom is -0.373 e. The number of anilines is 2. The lowest BCUT2D eigenvalue weighted by Gasteiger charge is -2.31. The molecule has 0 bridgehead atoms. The van der Waals surface area contributed by atoms with Crippen LogP contribution in [-0.2, 0) is 4.79 Å². The summed E-state index contributed by atoms with van der Waals surface area (Å²) in [6.07, 6.45) is 1.44. The Labute approximate surface area is 126 Å². The number of hydrogen-bond acceptors (Lipinski definition) is 5. The molecular formula is C15H25N5O. The first-order valence-corrected chi connectivity index (χ1v) is 7.49. The van der Waals surface area contributed by atoms with E-state index >= 15 is 0 Å². The van der Waals surface area contributed by atoms with Gasteiger partial charge >= 0.3 is 0 Å². The fraction of sp³-hybridized carbons (Fsp3) is 0.667. The van der Waals surface area contributed by atoms with Crippen LogP contribution in [0.25, 0.3) is 0 Å². The van der Waals surface area contributed by atoms with E-state index in [-0.39, 0.29) is 17.9 Å². The van der Waals surface area contributed by atoms with Crippen LogP contribution >= 0.6 is 0 Å². The first-order chi connectivity index (χ1) is 9.92. The van der Waals surface area contributed by atoms with Crippen LogP contribution in [0.15, 0.2) is 0 Å². The summed E-state index contributed by atoms with van der Waals surface area (Å²) < 4.78 is 0. The third-order valence-corrected chi connectivity index (χ3v) is 3.88. The molecule has 1 saturated heterocycles. The molecule has 1 fully saturated rings. The Morgan fingerprint density at radius 3 is 2.52 bits per heavy atom. The number of amides is 1. The summed E-state index contributed by atoms with van der Waals surface area (Å²) in [5.41, 5.74) is 1.02. The molecule has 116 valence electrons. The van der Waals surface area contributed by atoms with Gasteiger partial charge in [-0.25, -0.2) is 9.97 Å². The maximum Gasteiger partial charge on any atom is 0.222 e. The standard InChI is InChI=1S/C15H25N5O/c1-9(2)13-18-14(16-4)10(3)15(19-13)17-11-6-7-12(21)20(5)8-11/h9,11H,6-8H2,1-5H3,(H2,16,17,18,19). The predicted octanol–water partition coefficient (Wildman–Crippen LogP) is 1.98. The van der Waals surface area contributed by atoms with Crippen molar-refractivity contribution in [2.24, 2.45) is 0 Å². The Balaban J connectivity index is 2.22. The van der Waals surface area contributed by atoms with Gasteiger partial charge in [0.25, 0.3) is 0 Å². The second-order valence-electron chi connectivity index (χ2n) is 5.96. The zero-order valence-corrected chi connectivity index (χ0v) is 13.5. The molecule has 0 spiro atoms. The summed E-state index contributed by atoms with van der Waals surface area (Å²) in [6.45, 7) is 6.89. The van der Waals surface area contributed by atoms with Crippen molar-refractivity contribution in [3.63, 3.8) is 0 Å². The number of aromatic nitrogens is 2. The number of hydrogen-bond donors (Lipinski definition) is 2. The monoisotopic (exact) mass is 291 g/mol. The molecule has 0 radical (unpaired) electrons. The first kappa shape index (κ1) is 15.5. The van der Waals surface area contributed by atoms with Crippen LogP contribution in [0.3, 0.4) is 0 Å². The summed E-state index contributed by atoms with van der Waals surface area (Å²) >= 11 is 0. The smallest absolute Gasteiger partial charge is 0.222 e. The average Bonchev–Trinajstić information content (AvgIpc) is 2.44. The van der Waals surface area contributed by atoms with Crippen molar-refractivity contribution in [1.82, 2.24) is 14.9 Å². The number of nitrogens with one attached hydrogen (secondary N) is 2. The van der Waals surface area contributed by atoms with Gasteiger partial charge in [-0.15, -0.1) is 0 Å². The lowest BCUT2D eigenvalue weighted by Crippen LogP contribution is -2.43. The molecule has 1 aliphatic rings. The van der Waals surface area contributed by atoms with Crippen molar-refractivity contribution in [3.05, 3.63) is 11.4 Å². The molecule has 1 atom stereocenters. The third-order valence-electron chi connectivity index (χ3n) is 3.88. The second kappa shape index (κ2) is 6.28. The minimum absolute atomic E-state index is 0.214. The van der Waals surface area contributed by atoms with Gasteiger partial charge in [-0.3, -0.25) is 4.79 Å². The molecule has 21 heavy (non-hydrogen) atoms. The zero-order valence-electron chi connectivity index (χ0n) is 13.5. The lowest BCUT2D eigenvalue weighted by atomic mass is 10.1. The van der Waals surface area contributed by atoms with Crippen LogP contribution in [0.2, 0.25) is 0 Å². The van der Waals surface area contributed by atoms with Gasteiger partial charge in [0.2, 0.25) is 5.91 Å². The van der Waals surface area contributed by atoms with Crippen LogP contribution in [0.4, 0.5) is 11.6 Å². The molecule has 2 heterocycles.